The van der Waals surface area contributed by atoms with Crippen molar-refractivity contribution in [3.05, 3.63) is 62.5 Å². The second-order valence-corrected chi connectivity index (χ2v) is 9.01. The normalized spacial score (nSPS) is 14.3. The molecule has 0 N–H and O–H groups in total. The third-order valence-electron chi connectivity index (χ3n) is 5.82. The maximum atomic E-state index is 13.0. The zero-order chi connectivity index (χ0) is 22.0. The standard InChI is InChI=1S/C24H26N2O4S/c1-3-16-8-10-17(11-9-16)22(28)15(2)30-20(27)12-13-26-14-25-23-21(24(26)29)18-6-4-5-7-19(18)31-23/h8-11,14-15H,3-7,12-13H2,1-2H3. The van der Waals surface area contributed by atoms with E-state index in [1.165, 1.54) is 15.8 Å². The molecule has 7 heteroatoms. The number of hydrogen-bond donors (Lipinski definition) is 0. The van der Waals surface area contributed by atoms with Gasteiger partial charge in [-0.1, -0.05) is 31.2 Å². The summed E-state index contributed by atoms with van der Waals surface area (Å²) >= 11 is 1.61. The number of aromatic nitrogens is 2. The topological polar surface area (TPSA) is 78.3 Å². The molecule has 0 bridgehead atoms. The van der Waals surface area contributed by atoms with Gasteiger partial charge in [0.15, 0.2) is 6.10 Å². The maximum Gasteiger partial charge on any atom is 0.308 e. The van der Waals surface area contributed by atoms with Crippen LogP contribution in [0.5, 0.6) is 0 Å². The number of aryl methyl sites for hydroxylation is 4. The predicted molar refractivity (Wildman–Crippen MR) is 121 cm³/mol. The highest BCUT2D eigenvalue weighted by atomic mass is 32.1. The van der Waals surface area contributed by atoms with E-state index in [1.807, 2.05) is 19.1 Å². The maximum absolute atomic E-state index is 13.0. The van der Waals surface area contributed by atoms with Crippen LogP contribution in [0.15, 0.2) is 35.4 Å². The summed E-state index contributed by atoms with van der Waals surface area (Å²) in [6.45, 7) is 3.80. The molecule has 2 aromatic heterocycles. The Bertz CT molecular complexity index is 1180. The first-order valence-corrected chi connectivity index (χ1v) is 11.6. The first-order chi connectivity index (χ1) is 15.0. The van der Waals surface area contributed by atoms with Crippen LogP contribution >= 0.6 is 11.3 Å². The molecule has 0 fully saturated rings. The molecule has 1 aliphatic carbocycles. The van der Waals surface area contributed by atoms with Crippen molar-refractivity contribution in [1.82, 2.24) is 9.55 Å². The van der Waals surface area contributed by atoms with Gasteiger partial charge >= 0.3 is 5.97 Å². The van der Waals surface area contributed by atoms with Crippen molar-refractivity contribution in [2.24, 2.45) is 0 Å². The second-order valence-electron chi connectivity index (χ2n) is 7.93. The molecule has 0 amide bonds. The molecule has 1 aromatic carbocycles. The second kappa shape index (κ2) is 9.14. The quantitative estimate of drug-likeness (QED) is 0.410. The molecule has 1 unspecified atom stereocenters. The molecule has 4 rings (SSSR count). The number of nitrogens with zero attached hydrogens (tertiary/aromatic N) is 2. The Kier molecular flexibility index (Phi) is 6.32. The van der Waals surface area contributed by atoms with E-state index in [1.54, 1.807) is 30.4 Å². The van der Waals surface area contributed by atoms with Crippen LogP contribution in [-0.4, -0.2) is 27.4 Å². The number of thiophene rings is 1. The lowest BCUT2D eigenvalue weighted by Crippen LogP contribution is -2.27. The van der Waals surface area contributed by atoms with E-state index in [9.17, 15) is 14.4 Å². The Morgan fingerprint density at radius 3 is 2.68 bits per heavy atom. The van der Waals surface area contributed by atoms with Crippen molar-refractivity contribution in [3.8, 4) is 0 Å². The van der Waals surface area contributed by atoms with Gasteiger partial charge in [0, 0.05) is 17.0 Å². The fraction of sp³-hybridized carbons (Fsp3) is 0.417. The highest BCUT2D eigenvalue weighted by Gasteiger charge is 2.22. The third-order valence-corrected chi connectivity index (χ3v) is 7.02. The van der Waals surface area contributed by atoms with Gasteiger partial charge in [-0.15, -0.1) is 11.3 Å². The molecule has 2 heterocycles. The molecule has 0 spiro atoms. The van der Waals surface area contributed by atoms with Crippen molar-refractivity contribution in [3.63, 3.8) is 0 Å². The van der Waals surface area contributed by atoms with E-state index in [0.717, 1.165) is 48.1 Å². The van der Waals surface area contributed by atoms with Gasteiger partial charge in [-0.2, -0.15) is 0 Å². The molecule has 0 saturated carbocycles. The van der Waals surface area contributed by atoms with E-state index in [-0.39, 0.29) is 24.3 Å². The van der Waals surface area contributed by atoms with E-state index in [2.05, 4.69) is 4.98 Å². The van der Waals surface area contributed by atoms with Crippen LogP contribution in [0.4, 0.5) is 0 Å². The zero-order valence-corrected chi connectivity index (χ0v) is 18.7. The largest absolute Gasteiger partial charge is 0.454 e. The summed E-state index contributed by atoms with van der Waals surface area (Å²) in [4.78, 5) is 44.3. The number of benzene rings is 1. The number of fused-ring (bicyclic) bond motifs is 3. The Morgan fingerprint density at radius 1 is 1.19 bits per heavy atom. The lowest BCUT2D eigenvalue weighted by atomic mass is 9.97. The molecule has 0 aliphatic heterocycles. The highest BCUT2D eigenvalue weighted by Crippen LogP contribution is 2.33. The Labute approximate surface area is 184 Å². The van der Waals surface area contributed by atoms with Crippen molar-refractivity contribution >= 4 is 33.3 Å². The van der Waals surface area contributed by atoms with Crippen LogP contribution in [0.1, 0.15) is 59.5 Å². The van der Waals surface area contributed by atoms with Gasteiger partial charge in [0.1, 0.15) is 4.83 Å². The van der Waals surface area contributed by atoms with E-state index >= 15 is 0 Å². The molecule has 162 valence electrons. The summed E-state index contributed by atoms with van der Waals surface area (Å²) in [6.07, 6.45) is 5.70. The van der Waals surface area contributed by atoms with E-state index in [0.29, 0.717) is 10.9 Å². The van der Waals surface area contributed by atoms with Gasteiger partial charge in [0.25, 0.3) is 5.56 Å². The van der Waals surface area contributed by atoms with Crippen LogP contribution in [0.25, 0.3) is 10.2 Å². The van der Waals surface area contributed by atoms with Gasteiger partial charge in [0.05, 0.1) is 18.1 Å². The number of rotatable bonds is 7. The van der Waals surface area contributed by atoms with Gasteiger partial charge in [0.2, 0.25) is 5.78 Å². The number of ketones is 1. The number of carbonyl (C=O) groups is 2. The average molecular weight is 439 g/mol. The minimum Gasteiger partial charge on any atom is -0.454 e. The number of carbonyl (C=O) groups excluding carboxylic acids is 2. The first kappa shape index (κ1) is 21.4. The van der Waals surface area contributed by atoms with Crippen LogP contribution in [0.2, 0.25) is 0 Å². The number of Topliss-reactive ketones (excluding diaryl/α,β-unsaturated/α-hetero) is 1. The summed E-state index contributed by atoms with van der Waals surface area (Å²) in [5.41, 5.74) is 2.70. The fourth-order valence-corrected chi connectivity index (χ4v) is 5.22. The summed E-state index contributed by atoms with van der Waals surface area (Å²) in [7, 11) is 0. The zero-order valence-electron chi connectivity index (χ0n) is 17.8. The van der Waals surface area contributed by atoms with Crippen molar-refractivity contribution in [2.75, 3.05) is 0 Å². The number of hydrogen-bond acceptors (Lipinski definition) is 6. The van der Waals surface area contributed by atoms with Gasteiger partial charge in [-0.05, 0) is 50.2 Å². The molecule has 1 atom stereocenters. The van der Waals surface area contributed by atoms with Gasteiger partial charge < -0.3 is 4.74 Å². The van der Waals surface area contributed by atoms with Gasteiger partial charge in [-0.3, -0.25) is 19.0 Å². The lowest BCUT2D eigenvalue weighted by Gasteiger charge is -2.13. The van der Waals surface area contributed by atoms with Crippen LogP contribution in [0.3, 0.4) is 0 Å². The molecule has 3 aromatic rings. The first-order valence-electron chi connectivity index (χ1n) is 10.8. The van der Waals surface area contributed by atoms with Crippen LogP contribution < -0.4 is 5.56 Å². The summed E-state index contributed by atoms with van der Waals surface area (Å²) in [6, 6.07) is 7.32. The summed E-state index contributed by atoms with van der Waals surface area (Å²) in [5.74, 6) is -0.744. The molecule has 0 saturated heterocycles. The third kappa shape index (κ3) is 4.46. The summed E-state index contributed by atoms with van der Waals surface area (Å²) in [5, 5.41) is 0.703. The molecule has 1 aliphatic rings. The van der Waals surface area contributed by atoms with Crippen LogP contribution in [0, 0.1) is 0 Å². The predicted octanol–water partition coefficient (Wildman–Crippen LogP) is 4.10. The Hall–Kier alpha value is -2.80. The Balaban J connectivity index is 1.40. The molecular formula is C24H26N2O4S. The molecular weight excluding hydrogens is 412 g/mol. The average Bonchev–Trinajstić information content (AvgIpc) is 3.17. The molecule has 6 nitrogen and oxygen atoms in total. The van der Waals surface area contributed by atoms with Gasteiger partial charge in [-0.25, -0.2) is 4.98 Å². The van der Waals surface area contributed by atoms with Crippen LogP contribution in [-0.2, 0) is 35.3 Å². The minimum atomic E-state index is -0.874. The molecule has 0 radical (unpaired) electrons. The molecule has 31 heavy (non-hydrogen) atoms. The fourth-order valence-electron chi connectivity index (χ4n) is 4.00. The highest BCUT2D eigenvalue weighted by molar-refractivity contribution is 7.18. The number of esters is 1. The Morgan fingerprint density at radius 2 is 1.94 bits per heavy atom. The minimum absolute atomic E-state index is 0.00577. The van der Waals surface area contributed by atoms with Crippen molar-refractivity contribution in [1.29, 1.82) is 0 Å². The van der Waals surface area contributed by atoms with Crippen molar-refractivity contribution in [2.45, 2.75) is 65.0 Å². The monoisotopic (exact) mass is 438 g/mol. The summed E-state index contributed by atoms with van der Waals surface area (Å²) < 4.78 is 6.80. The lowest BCUT2D eigenvalue weighted by molar-refractivity contribution is -0.146. The number of ether oxygens (including phenoxy) is 1. The van der Waals surface area contributed by atoms with Crippen molar-refractivity contribution < 1.29 is 14.3 Å². The smallest absolute Gasteiger partial charge is 0.308 e. The van der Waals surface area contributed by atoms with E-state index in [4.69, 9.17) is 4.74 Å². The SMILES string of the molecule is CCc1ccc(C(=O)C(C)OC(=O)CCn2cnc3sc4c(c3c2=O)CCCC4)cc1. The van der Waals surface area contributed by atoms with E-state index < -0.39 is 12.1 Å².